The number of hydrogen-bond acceptors (Lipinski definition) is 4. The van der Waals surface area contributed by atoms with Gasteiger partial charge in [-0.05, 0) is 61.2 Å². The maximum atomic E-state index is 13.1. The molecule has 0 bridgehead atoms. The molecule has 7 nitrogen and oxygen atoms in total. The van der Waals surface area contributed by atoms with Gasteiger partial charge in [-0.3, -0.25) is 14.9 Å². The zero-order chi connectivity index (χ0) is 23.1. The minimum atomic E-state index is -0.551. The summed E-state index contributed by atoms with van der Waals surface area (Å²) in [5.74, 6) is -0.936. The van der Waals surface area contributed by atoms with Gasteiger partial charge in [0.2, 0.25) is 5.91 Å². The van der Waals surface area contributed by atoms with Crippen LogP contribution in [-0.2, 0) is 9.53 Å². The van der Waals surface area contributed by atoms with Crippen molar-refractivity contribution in [3.8, 4) is 0 Å². The number of piperidine rings is 1. The maximum absolute atomic E-state index is 13.1. The van der Waals surface area contributed by atoms with Crippen LogP contribution in [0.2, 0.25) is 0 Å². The Labute approximate surface area is 186 Å². The highest BCUT2D eigenvalue weighted by molar-refractivity contribution is 5.96. The number of carbonyl (C=O) groups is 3. The van der Waals surface area contributed by atoms with E-state index in [1.165, 1.54) is 24.3 Å². The van der Waals surface area contributed by atoms with Gasteiger partial charge in [0, 0.05) is 30.0 Å². The topological polar surface area (TPSA) is 87.7 Å². The van der Waals surface area contributed by atoms with Crippen molar-refractivity contribution < 1.29 is 23.5 Å². The van der Waals surface area contributed by atoms with Crippen molar-refractivity contribution in [3.05, 3.63) is 59.9 Å². The summed E-state index contributed by atoms with van der Waals surface area (Å²) in [5.41, 5.74) is 1.45. The molecule has 0 aliphatic carbocycles. The SMILES string of the molecule is CC(C)COC(=O)Nc1cccc(NC(=O)C2CCCN(C(=O)c3ccc(F)cc3)C2)c1. The van der Waals surface area contributed by atoms with E-state index in [0.29, 0.717) is 49.5 Å². The number of nitrogens with one attached hydrogen (secondary N) is 2. The van der Waals surface area contributed by atoms with Crippen LogP contribution in [0.1, 0.15) is 37.0 Å². The lowest BCUT2D eigenvalue weighted by atomic mass is 9.96. The van der Waals surface area contributed by atoms with Crippen LogP contribution >= 0.6 is 0 Å². The molecule has 1 heterocycles. The molecule has 0 radical (unpaired) electrons. The van der Waals surface area contributed by atoms with E-state index in [1.54, 1.807) is 29.2 Å². The Bertz CT molecular complexity index is 962. The van der Waals surface area contributed by atoms with Gasteiger partial charge in [-0.1, -0.05) is 19.9 Å². The monoisotopic (exact) mass is 441 g/mol. The fraction of sp³-hybridized carbons (Fsp3) is 0.375. The van der Waals surface area contributed by atoms with Gasteiger partial charge >= 0.3 is 6.09 Å². The predicted octanol–water partition coefficient (Wildman–Crippen LogP) is 4.52. The molecule has 3 amide bonds. The highest BCUT2D eigenvalue weighted by atomic mass is 19.1. The molecule has 3 rings (SSSR count). The van der Waals surface area contributed by atoms with E-state index in [0.717, 1.165) is 0 Å². The Morgan fingerprint density at radius 3 is 2.47 bits per heavy atom. The first kappa shape index (κ1) is 23.2. The summed E-state index contributed by atoms with van der Waals surface area (Å²) >= 11 is 0. The van der Waals surface area contributed by atoms with Crippen LogP contribution in [0.4, 0.5) is 20.6 Å². The fourth-order valence-corrected chi connectivity index (χ4v) is 3.47. The highest BCUT2D eigenvalue weighted by Gasteiger charge is 2.29. The molecule has 1 unspecified atom stereocenters. The van der Waals surface area contributed by atoms with E-state index in [9.17, 15) is 18.8 Å². The molecule has 32 heavy (non-hydrogen) atoms. The number of benzene rings is 2. The quantitative estimate of drug-likeness (QED) is 0.690. The lowest BCUT2D eigenvalue weighted by Crippen LogP contribution is -2.43. The molecular weight excluding hydrogens is 413 g/mol. The Morgan fingerprint density at radius 1 is 1.09 bits per heavy atom. The Balaban J connectivity index is 1.57. The summed E-state index contributed by atoms with van der Waals surface area (Å²) in [7, 11) is 0. The van der Waals surface area contributed by atoms with Gasteiger partial charge in [0.05, 0.1) is 12.5 Å². The van der Waals surface area contributed by atoms with Crippen LogP contribution in [0.3, 0.4) is 0 Å². The van der Waals surface area contributed by atoms with Crippen molar-refractivity contribution in [1.29, 1.82) is 0 Å². The summed E-state index contributed by atoms with van der Waals surface area (Å²) in [6.45, 7) is 5.06. The van der Waals surface area contributed by atoms with Crippen molar-refractivity contribution in [2.24, 2.45) is 11.8 Å². The van der Waals surface area contributed by atoms with Gasteiger partial charge in [-0.25, -0.2) is 9.18 Å². The third-order valence-corrected chi connectivity index (χ3v) is 5.09. The first-order valence-electron chi connectivity index (χ1n) is 10.7. The van der Waals surface area contributed by atoms with E-state index in [2.05, 4.69) is 10.6 Å². The summed E-state index contributed by atoms with van der Waals surface area (Å²) in [6, 6.07) is 12.2. The Kier molecular flexibility index (Phi) is 7.81. The van der Waals surface area contributed by atoms with Crippen LogP contribution in [0.5, 0.6) is 0 Å². The first-order valence-corrected chi connectivity index (χ1v) is 10.7. The third kappa shape index (κ3) is 6.54. The second kappa shape index (κ2) is 10.7. The van der Waals surface area contributed by atoms with Gasteiger partial charge in [0.15, 0.2) is 0 Å². The third-order valence-electron chi connectivity index (χ3n) is 5.09. The van der Waals surface area contributed by atoms with Crippen molar-refractivity contribution in [3.63, 3.8) is 0 Å². The summed E-state index contributed by atoms with van der Waals surface area (Å²) in [6.07, 6.45) is 0.816. The minimum Gasteiger partial charge on any atom is -0.449 e. The molecule has 2 aromatic carbocycles. The molecule has 8 heteroatoms. The van der Waals surface area contributed by atoms with Gasteiger partial charge in [0.1, 0.15) is 5.82 Å². The Hall–Kier alpha value is -3.42. The van der Waals surface area contributed by atoms with E-state index in [4.69, 9.17) is 4.74 Å². The van der Waals surface area contributed by atoms with Gasteiger partial charge in [-0.15, -0.1) is 0 Å². The van der Waals surface area contributed by atoms with Crippen molar-refractivity contribution >= 4 is 29.3 Å². The van der Waals surface area contributed by atoms with Crippen LogP contribution in [0.25, 0.3) is 0 Å². The van der Waals surface area contributed by atoms with E-state index >= 15 is 0 Å². The molecule has 1 aliphatic rings. The number of nitrogens with zero attached hydrogens (tertiary/aromatic N) is 1. The highest BCUT2D eigenvalue weighted by Crippen LogP contribution is 2.22. The molecule has 2 aromatic rings. The normalized spacial score (nSPS) is 15.9. The van der Waals surface area contributed by atoms with E-state index in [-0.39, 0.29) is 23.7 Å². The number of halogens is 1. The Morgan fingerprint density at radius 2 is 1.78 bits per heavy atom. The smallest absolute Gasteiger partial charge is 0.411 e. The van der Waals surface area contributed by atoms with Crippen LogP contribution in [0.15, 0.2) is 48.5 Å². The molecule has 0 saturated carbocycles. The van der Waals surface area contributed by atoms with E-state index < -0.39 is 11.9 Å². The molecule has 0 spiro atoms. The maximum Gasteiger partial charge on any atom is 0.411 e. The number of amides is 3. The largest absolute Gasteiger partial charge is 0.449 e. The van der Waals surface area contributed by atoms with Gasteiger partial charge < -0.3 is 15.0 Å². The number of rotatable bonds is 6. The first-order chi connectivity index (χ1) is 15.3. The minimum absolute atomic E-state index is 0.193. The van der Waals surface area contributed by atoms with Crippen LogP contribution in [0, 0.1) is 17.7 Å². The summed E-state index contributed by atoms with van der Waals surface area (Å²) in [5, 5.41) is 5.51. The zero-order valence-electron chi connectivity index (χ0n) is 18.3. The van der Waals surface area contributed by atoms with Crippen molar-refractivity contribution in [1.82, 2.24) is 4.90 Å². The summed E-state index contributed by atoms with van der Waals surface area (Å²) < 4.78 is 18.2. The summed E-state index contributed by atoms with van der Waals surface area (Å²) in [4.78, 5) is 39.0. The number of hydrogen-bond donors (Lipinski definition) is 2. The average Bonchev–Trinajstić information content (AvgIpc) is 2.78. The molecule has 170 valence electrons. The van der Waals surface area contributed by atoms with Crippen molar-refractivity contribution in [2.45, 2.75) is 26.7 Å². The molecule has 1 atom stereocenters. The molecule has 0 aromatic heterocycles. The van der Waals surface area contributed by atoms with E-state index in [1.807, 2.05) is 13.8 Å². The molecule has 2 N–H and O–H groups in total. The standard InChI is InChI=1S/C24H28FN3O4/c1-16(2)15-32-24(31)27-21-7-3-6-20(13-21)26-22(29)18-5-4-12-28(14-18)23(30)17-8-10-19(25)11-9-17/h3,6-11,13,16,18H,4-5,12,14-15H2,1-2H3,(H,26,29)(H,27,31). The second-order valence-electron chi connectivity index (χ2n) is 8.28. The predicted molar refractivity (Wildman–Crippen MR) is 120 cm³/mol. The lowest BCUT2D eigenvalue weighted by Gasteiger charge is -2.32. The number of carbonyl (C=O) groups excluding carboxylic acids is 3. The molecule has 1 aliphatic heterocycles. The lowest BCUT2D eigenvalue weighted by molar-refractivity contribution is -0.121. The molecule has 1 fully saturated rings. The number of ether oxygens (including phenoxy) is 1. The van der Waals surface area contributed by atoms with Gasteiger partial charge in [-0.2, -0.15) is 0 Å². The average molecular weight is 442 g/mol. The van der Waals surface area contributed by atoms with Crippen LogP contribution < -0.4 is 10.6 Å². The molecule has 1 saturated heterocycles. The fourth-order valence-electron chi connectivity index (χ4n) is 3.47. The molecular formula is C24H28FN3O4. The number of likely N-dealkylation sites (tertiary alicyclic amines) is 1. The zero-order valence-corrected chi connectivity index (χ0v) is 18.3. The van der Waals surface area contributed by atoms with Gasteiger partial charge in [0.25, 0.3) is 5.91 Å². The van der Waals surface area contributed by atoms with Crippen LogP contribution in [-0.4, -0.2) is 42.5 Å². The second-order valence-corrected chi connectivity index (χ2v) is 8.28. The number of anilines is 2. The van der Waals surface area contributed by atoms with Crippen molar-refractivity contribution in [2.75, 3.05) is 30.3 Å².